The maximum absolute atomic E-state index is 12.3. The Labute approximate surface area is 132 Å². The third kappa shape index (κ3) is 5.30. The van der Waals surface area contributed by atoms with E-state index in [1.807, 2.05) is 30.3 Å². The number of amides is 1. The van der Waals surface area contributed by atoms with Crippen LogP contribution in [0.3, 0.4) is 0 Å². The van der Waals surface area contributed by atoms with Gasteiger partial charge in [0.15, 0.2) is 0 Å². The first kappa shape index (κ1) is 18.0. The molecular weight excluding hydrogens is 288 g/mol. The first-order valence-electron chi connectivity index (χ1n) is 7.47. The van der Waals surface area contributed by atoms with Gasteiger partial charge >= 0.3 is 0 Å². The molecule has 5 heteroatoms. The van der Waals surface area contributed by atoms with E-state index in [9.17, 15) is 4.79 Å². The minimum Gasteiger partial charge on any atom is -0.373 e. The fourth-order valence-electron chi connectivity index (χ4n) is 2.63. The van der Waals surface area contributed by atoms with Crippen LogP contribution in [0.4, 0.5) is 0 Å². The molecule has 2 atom stereocenters. The molecule has 0 spiro atoms. The van der Waals surface area contributed by atoms with Crippen molar-refractivity contribution < 1.29 is 9.53 Å². The smallest absolute Gasteiger partial charge is 0.226 e. The van der Waals surface area contributed by atoms with Gasteiger partial charge in [-0.15, -0.1) is 12.4 Å². The van der Waals surface area contributed by atoms with Crippen molar-refractivity contribution in [2.24, 2.45) is 11.7 Å². The van der Waals surface area contributed by atoms with E-state index in [0.717, 1.165) is 37.9 Å². The second-order valence-electron chi connectivity index (χ2n) is 5.24. The number of carbonyl (C=O) groups excluding carboxylic acids is 1. The number of benzene rings is 1. The van der Waals surface area contributed by atoms with E-state index in [1.165, 1.54) is 0 Å². The minimum atomic E-state index is -0.112. The van der Waals surface area contributed by atoms with Crippen molar-refractivity contribution in [3.05, 3.63) is 35.9 Å². The van der Waals surface area contributed by atoms with Gasteiger partial charge in [0.2, 0.25) is 5.91 Å². The van der Waals surface area contributed by atoms with Gasteiger partial charge in [-0.2, -0.15) is 0 Å². The number of ether oxygens (including phenoxy) is 1. The van der Waals surface area contributed by atoms with Crippen LogP contribution < -0.4 is 11.1 Å². The zero-order valence-electron chi connectivity index (χ0n) is 12.3. The van der Waals surface area contributed by atoms with Crippen molar-refractivity contribution in [1.82, 2.24) is 5.32 Å². The summed E-state index contributed by atoms with van der Waals surface area (Å²) < 4.78 is 5.84. The molecule has 1 fully saturated rings. The number of nitrogens with one attached hydrogen (secondary N) is 1. The summed E-state index contributed by atoms with van der Waals surface area (Å²) in [6, 6.07) is 10.0. The second kappa shape index (κ2) is 9.77. The summed E-state index contributed by atoms with van der Waals surface area (Å²) >= 11 is 0. The Morgan fingerprint density at radius 1 is 1.29 bits per heavy atom. The number of carbonyl (C=O) groups is 1. The summed E-state index contributed by atoms with van der Waals surface area (Å²) in [5.74, 6) is 0.0274. The van der Waals surface area contributed by atoms with Crippen molar-refractivity contribution >= 4 is 18.3 Å². The third-order valence-electron chi connectivity index (χ3n) is 3.72. The van der Waals surface area contributed by atoms with Crippen LogP contribution in [0, 0.1) is 5.92 Å². The number of halogens is 1. The molecule has 1 amide bonds. The highest BCUT2D eigenvalue weighted by atomic mass is 35.5. The molecule has 0 radical (unpaired) electrons. The van der Waals surface area contributed by atoms with Crippen LogP contribution in [0.2, 0.25) is 0 Å². The van der Waals surface area contributed by atoms with Crippen molar-refractivity contribution in [2.75, 3.05) is 19.7 Å². The number of unbranched alkanes of at least 4 members (excludes halogenated alkanes) is 1. The molecule has 1 heterocycles. The predicted molar refractivity (Wildman–Crippen MR) is 86.4 cm³/mol. The Morgan fingerprint density at radius 3 is 2.76 bits per heavy atom. The van der Waals surface area contributed by atoms with E-state index in [0.29, 0.717) is 13.1 Å². The lowest BCUT2D eigenvalue weighted by Crippen LogP contribution is -2.38. The molecule has 3 N–H and O–H groups in total. The predicted octanol–water partition coefficient (Wildman–Crippen LogP) is 2.43. The van der Waals surface area contributed by atoms with E-state index in [4.69, 9.17) is 10.5 Å². The molecule has 118 valence electrons. The molecule has 1 aromatic rings. The van der Waals surface area contributed by atoms with Crippen molar-refractivity contribution in [1.29, 1.82) is 0 Å². The summed E-state index contributed by atoms with van der Waals surface area (Å²) in [6.45, 7) is 2.11. The largest absolute Gasteiger partial charge is 0.373 e. The molecule has 0 saturated carbocycles. The van der Waals surface area contributed by atoms with Crippen LogP contribution in [-0.4, -0.2) is 25.6 Å². The first-order valence-corrected chi connectivity index (χ1v) is 7.47. The van der Waals surface area contributed by atoms with Crippen LogP contribution in [0.15, 0.2) is 30.3 Å². The lowest BCUT2D eigenvalue weighted by Gasteiger charge is -2.31. The summed E-state index contributed by atoms with van der Waals surface area (Å²) in [6.07, 6.45) is 3.61. The van der Waals surface area contributed by atoms with Crippen molar-refractivity contribution in [3.8, 4) is 0 Å². The van der Waals surface area contributed by atoms with E-state index >= 15 is 0 Å². The van der Waals surface area contributed by atoms with Gasteiger partial charge in [0.25, 0.3) is 0 Å². The molecule has 2 unspecified atom stereocenters. The van der Waals surface area contributed by atoms with Crippen LogP contribution >= 0.6 is 12.4 Å². The van der Waals surface area contributed by atoms with Gasteiger partial charge in [0.1, 0.15) is 0 Å². The maximum Gasteiger partial charge on any atom is 0.226 e. The highest BCUT2D eigenvalue weighted by Crippen LogP contribution is 2.33. The molecule has 2 rings (SSSR count). The highest BCUT2D eigenvalue weighted by molar-refractivity contribution is 5.85. The number of nitrogens with two attached hydrogens (primary N) is 1. The first-order chi connectivity index (χ1) is 9.83. The van der Waals surface area contributed by atoms with Crippen LogP contribution in [0.25, 0.3) is 0 Å². The monoisotopic (exact) mass is 312 g/mol. The summed E-state index contributed by atoms with van der Waals surface area (Å²) in [5, 5.41) is 3.01. The minimum absolute atomic E-state index is 0. The molecule has 1 aliphatic heterocycles. The Bertz CT molecular complexity index is 414. The Balaban J connectivity index is 0.00000220. The van der Waals surface area contributed by atoms with E-state index in [2.05, 4.69) is 5.32 Å². The Kier molecular flexibility index (Phi) is 8.35. The van der Waals surface area contributed by atoms with Gasteiger partial charge < -0.3 is 15.8 Å². The number of hydrogen-bond donors (Lipinski definition) is 2. The molecule has 0 aliphatic carbocycles. The van der Waals surface area contributed by atoms with Crippen molar-refractivity contribution in [2.45, 2.75) is 31.8 Å². The standard InChI is InChI=1S/C16H24N2O2.ClH/c17-10-4-5-11-18-16(19)14-9-6-12-20-15(14)13-7-2-1-3-8-13;/h1-3,7-8,14-15H,4-6,9-12,17H2,(H,18,19);1H. The number of rotatable bonds is 6. The van der Waals surface area contributed by atoms with Crippen LogP contribution in [0.5, 0.6) is 0 Å². The fourth-order valence-corrected chi connectivity index (χ4v) is 2.63. The average Bonchev–Trinajstić information content (AvgIpc) is 2.52. The number of hydrogen-bond acceptors (Lipinski definition) is 3. The molecular formula is C16H25ClN2O2. The van der Waals surface area contributed by atoms with Gasteiger partial charge in [-0.3, -0.25) is 4.79 Å². The fraction of sp³-hybridized carbons (Fsp3) is 0.562. The van der Waals surface area contributed by atoms with Gasteiger partial charge in [-0.1, -0.05) is 30.3 Å². The Morgan fingerprint density at radius 2 is 2.05 bits per heavy atom. The van der Waals surface area contributed by atoms with Gasteiger partial charge in [0, 0.05) is 13.2 Å². The lowest BCUT2D eigenvalue weighted by molar-refractivity contribution is -0.134. The summed E-state index contributed by atoms with van der Waals surface area (Å²) in [7, 11) is 0. The maximum atomic E-state index is 12.3. The topological polar surface area (TPSA) is 64.3 Å². The Hall–Kier alpha value is -1.10. The van der Waals surface area contributed by atoms with Crippen molar-refractivity contribution in [3.63, 3.8) is 0 Å². The molecule has 1 aromatic carbocycles. The van der Waals surface area contributed by atoms with Gasteiger partial charge in [0.05, 0.1) is 12.0 Å². The zero-order chi connectivity index (χ0) is 14.2. The summed E-state index contributed by atoms with van der Waals surface area (Å²) in [4.78, 5) is 12.3. The van der Waals surface area contributed by atoms with E-state index in [-0.39, 0.29) is 30.3 Å². The van der Waals surface area contributed by atoms with E-state index in [1.54, 1.807) is 0 Å². The van der Waals surface area contributed by atoms with E-state index < -0.39 is 0 Å². The lowest BCUT2D eigenvalue weighted by atomic mass is 9.89. The summed E-state index contributed by atoms with van der Waals surface area (Å²) in [5.41, 5.74) is 6.55. The highest BCUT2D eigenvalue weighted by Gasteiger charge is 2.32. The van der Waals surface area contributed by atoms with Crippen LogP contribution in [-0.2, 0) is 9.53 Å². The molecule has 1 aliphatic rings. The van der Waals surface area contributed by atoms with Gasteiger partial charge in [-0.25, -0.2) is 0 Å². The normalized spacial score (nSPS) is 21.4. The second-order valence-corrected chi connectivity index (χ2v) is 5.24. The molecule has 0 bridgehead atoms. The average molecular weight is 313 g/mol. The van der Waals surface area contributed by atoms with Crippen LogP contribution in [0.1, 0.15) is 37.4 Å². The molecule has 4 nitrogen and oxygen atoms in total. The quantitative estimate of drug-likeness (QED) is 0.793. The zero-order valence-corrected chi connectivity index (χ0v) is 13.1. The molecule has 0 aromatic heterocycles. The third-order valence-corrected chi connectivity index (χ3v) is 3.72. The molecule has 21 heavy (non-hydrogen) atoms. The molecule has 1 saturated heterocycles. The van der Waals surface area contributed by atoms with Gasteiger partial charge in [-0.05, 0) is 37.8 Å². The SMILES string of the molecule is Cl.NCCCCNC(=O)C1CCCOC1c1ccccc1.